The van der Waals surface area contributed by atoms with Crippen molar-refractivity contribution in [1.29, 1.82) is 0 Å². The van der Waals surface area contributed by atoms with Gasteiger partial charge < -0.3 is 10.3 Å². The third-order valence-electron chi connectivity index (χ3n) is 3.83. The highest BCUT2D eigenvalue weighted by atomic mass is 16.1. The van der Waals surface area contributed by atoms with Crippen LogP contribution in [0.4, 0.5) is 0 Å². The highest BCUT2D eigenvalue weighted by Gasteiger charge is 2.39. The summed E-state index contributed by atoms with van der Waals surface area (Å²) < 4.78 is 0. The molecule has 3 unspecified atom stereocenters. The number of carbonyl (C=O) groups excluding carboxylic acids is 1. The number of carbonyl (C=O) groups is 1. The summed E-state index contributed by atoms with van der Waals surface area (Å²) in [7, 11) is 0. The van der Waals surface area contributed by atoms with Gasteiger partial charge in [-0.15, -0.1) is 0 Å². The van der Waals surface area contributed by atoms with Gasteiger partial charge in [-0.25, -0.2) is 0 Å². The maximum atomic E-state index is 12.2. The number of H-pyrrole nitrogens is 1. The third-order valence-corrected chi connectivity index (χ3v) is 3.83. The van der Waals surface area contributed by atoms with Crippen LogP contribution in [0.3, 0.4) is 0 Å². The summed E-state index contributed by atoms with van der Waals surface area (Å²) in [5.41, 5.74) is 0.773. The molecule has 3 heterocycles. The molecule has 2 aliphatic heterocycles. The van der Waals surface area contributed by atoms with E-state index >= 15 is 0 Å². The molecule has 3 aliphatic rings. The standard InChI is InChI=1S/C12H16N2O/c15-12(11-2-1-5-13-11)9-6-8-3-4-10(9)14-7-8/h1-2,5,8-10,13-14H,3-4,6-7H2. The van der Waals surface area contributed by atoms with Crippen LogP contribution < -0.4 is 5.32 Å². The Morgan fingerprint density at radius 2 is 2.33 bits per heavy atom. The molecular weight excluding hydrogens is 188 g/mol. The fourth-order valence-corrected chi connectivity index (χ4v) is 2.98. The molecule has 1 aromatic heterocycles. The van der Waals surface area contributed by atoms with E-state index in [4.69, 9.17) is 0 Å². The highest BCUT2D eigenvalue weighted by molar-refractivity contribution is 5.96. The largest absolute Gasteiger partial charge is 0.359 e. The Hall–Kier alpha value is -1.09. The van der Waals surface area contributed by atoms with Crippen LogP contribution in [0.2, 0.25) is 0 Å². The van der Waals surface area contributed by atoms with Crippen LogP contribution in [0, 0.1) is 11.8 Å². The Bertz CT molecular complexity index is 350. The number of aromatic nitrogens is 1. The first-order valence-electron chi connectivity index (χ1n) is 5.75. The summed E-state index contributed by atoms with van der Waals surface area (Å²) in [5, 5.41) is 3.48. The predicted octanol–water partition coefficient (Wildman–Crippen LogP) is 1.59. The molecule has 80 valence electrons. The molecule has 4 rings (SSSR count). The Morgan fingerprint density at radius 3 is 2.87 bits per heavy atom. The maximum Gasteiger partial charge on any atom is 0.183 e. The van der Waals surface area contributed by atoms with E-state index < -0.39 is 0 Å². The number of aromatic amines is 1. The van der Waals surface area contributed by atoms with Gasteiger partial charge in [0.25, 0.3) is 0 Å². The predicted molar refractivity (Wildman–Crippen MR) is 57.7 cm³/mol. The SMILES string of the molecule is O=C(c1ccc[nH]1)C1CC2CCC1NC2. The molecule has 3 atom stereocenters. The molecule has 2 saturated heterocycles. The number of hydrogen-bond donors (Lipinski definition) is 2. The average molecular weight is 204 g/mol. The van der Waals surface area contributed by atoms with E-state index in [0.29, 0.717) is 11.8 Å². The van der Waals surface area contributed by atoms with Gasteiger partial charge in [0.1, 0.15) is 0 Å². The lowest BCUT2D eigenvalue weighted by molar-refractivity contribution is 0.0726. The number of hydrogen-bond acceptors (Lipinski definition) is 2. The number of fused-ring (bicyclic) bond motifs is 3. The lowest BCUT2D eigenvalue weighted by Crippen LogP contribution is -2.52. The minimum absolute atomic E-state index is 0.205. The van der Waals surface area contributed by atoms with Crippen LogP contribution in [0.25, 0.3) is 0 Å². The molecule has 0 aromatic carbocycles. The van der Waals surface area contributed by atoms with Crippen molar-refractivity contribution in [3.05, 3.63) is 24.0 Å². The van der Waals surface area contributed by atoms with Crippen molar-refractivity contribution < 1.29 is 4.79 Å². The van der Waals surface area contributed by atoms with Gasteiger partial charge in [-0.05, 0) is 43.9 Å². The minimum atomic E-state index is 0.205. The number of ketones is 1. The fourth-order valence-electron chi connectivity index (χ4n) is 2.98. The first kappa shape index (κ1) is 9.16. The van der Waals surface area contributed by atoms with E-state index in [2.05, 4.69) is 10.3 Å². The van der Waals surface area contributed by atoms with Crippen molar-refractivity contribution in [3.8, 4) is 0 Å². The van der Waals surface area contributed by atoms with Gasteiger partial charge in [0.2, 0.25) is 0 Å². The summed E-state index contributed by atoms with van der Waals surface area (Å²) >= 11 is 0. The minimum Gasteiger partial charge on any atom is -0.359 e. The lowest BCUT2D eigenvalue weighted by Gasteiger charge is -2.42. The van der Waals surface area contributed by atoms with Crippen molar-refractivity contribution in [1.82, 2.24) is 10.3 Å². The second kappa shape index (κ2) is 3.49. The molecular formula is C12H16N2O. The van der Waals surface area contributed by atoms with E-state index in [1.165, 1.54) is 12.8 Å². The van der Waals surface area contributed by atoms with Crippen LogP contribution >= 0.6 is 0 Å². The van der Waals surface area contributed by atoms with E-state index in [9.17, 15) is 4.79 Å². The first-order chi connectivity index (χ1) is 7.34. The molecule has 3 heteroatoms. The van der Waals surface area contributed by atoms with Gasteiger partial charge in [0, 0.05) is 18.2 Å². The highest BCUT2D eigenvalue weighted by Crippen LogP contribution is 2.35. The smallest absolute Gasteiger partial charge is 0.183 e. The number of nitrogens with one attached hydrogen (secondary N) is 2. The van der Waals surface area contributed by atoms with Gasteiger partial charge >= 0.3 is 0 Å². The quantitative estimate of drug-likeness (QED) is 0.718. The van der Waals surface area contributed by atoms with Crippen LogP contribution in [0.1, 0.15) is 29.8 Å². The van der Waals surface area contributed by atoms with Crippen molar-refractivity contribution >= 4 is 5.78 Å². The van der Waals surface area contributed by atoms with Crippen LogP contribution in [0.15, 0.2) is 18.3 Å². The Balaban J connectivity index is 1.80. The maximum absolute atomic E-state index is 12.2. The van der Waals surface area contributed by atoms with Gasteiger partial charge in [-0.2, -0.15) is 0 Å². The topological polar surface area (TPSA) is 44.9 Å². The van der Waals surface area contributed by atoms with Crippen LogP contribution in [-0.4, -0.2) is 23.4 Å². The zero-order chi connectivity index (χ0) is 10.3. The van der Waals surface area contributed by atoms with Gasteiger partial charge in [-0.3, -0.25) is 4.79 Å². The van der Waals surface area contributed by atoms with Crippen LogP contribution in [0.5, 0.6) is 0 Å². The molecule has 3 nitrogen and oxygen atoms in total. The van der Waals surface area contributed by atoms with Crippen molar-refractivity contribution in [2.24, 2.45) is 11.8 Å². The Labute approximate surface area is 89.3 Å². The summed E-state index contributed by atoms with van der Waals surface area (Å²) in [6.45, 7) is 1.11. The molecule has 1 aliphatic carbocycles. The van der Waals surface area contributed by atoms with Crippen molar-refractivity contribution in [2.75, 3.05) is 6.54 Å². The van der Waals surface area contributed by atoms with Crippen molar-refractivity contribution in [2.45, 2.75) is 25.3 Å². The summed E-state index contributed by atoms with van der Waals surface area (Å²) in [6.07, 6.45) is 5.37. The molecule has 2 N–H and O–H groups in total. The molecule has 1 aromatic rings. The van der Waals surface area contributed by atoms with E-state index in [1.807, 2.05) is 18.3 Å². The lowest BCUT2D eigenvalue weighted by atomic mass is 9.72. The van der Waals surface area contributed by atoms with Gasteiger partial charge in [0.05, 0.1) is 5.69 Å². The number of piperidine rings is 2. The molecule has 0 radical (unpaired) electrons. The molecule has 3 fully saturated rings. The second-order valence-electron chi connectivity index (χ2n) is 4.75. The van der Waals surface area contributed by atoms with Crippen molar-refractivity contribution in [3.63, 3.8) is 0 Å². The molecule has 2 bridgehead atoms. The van der Waals surface area contributed by atoms with Crippen LogP contribution in [-0.2, 0) is 0 Å². The average Bonchev–Trinajstić information content (AvgIpc) is 2.83. The van der Waals surface area contributed by atoms with E-state index in [1.54, 1.807) is 0 Å². The van der Waals surface area contributed by atoms with E-state index in [0.717, 1.165) is 24.6 Å². The summed E-state index contributed by atoms with van der Waals surface area (Å²) in [4.78, 5) is 15.2. The second-order valence-corrected chi connectivity index (χ2v) is 4.75. The van der Waals surface area contributed by atoms with Gasteiger partial charge in [-0.1, -0.05) is 0 Å². The Kier molecular flexibility index (Phi) is 2.13. The molecule has 0 amide bonds. The molecule has 15 heavy (non-hydrogen) atoms. The monoisotopic (exact) mass is 204 g/mol. The molecule has 0 spiro atoms. The first-order valence-corrected chi connectivity index (χ1v) is 5.75. The number of rotatable bonds is 2. The molecule has 1 saturated carbocycles. The summed E-state index contributed by atoms with van der Waals surface area (Å²) in [5.74, 6) is 1.22. The third kappa shape index (κ3) is 1.51. The van der Waals surface area contributed by atoms with E-state index in [-0.39, 0.29) is 5.92 Å². The zero-order valence-electron chi connectivity index (χ0n) is 8.70. The fraction of sp³-hybridized carbons (Fsp3) is 0.583. The number of Topliss-reactive ketones (excluding diaryl/α,β-unsaturated/α-hetero) is 1. The normalized spacial score (nSPS) is 34.3. The summed E-state index contributed by atoms with van der Waals surface area (Å²) in [6, 6.07) is 4.19. The van der Waals surface area contributed by atoms with Gasteiger partial charge in [0.15, 0.2) is 5.78 Å². The Morgan fingerprint density at radius 1 is 1.40 bits per heavy atom. The zero-order valence-corrected chi connectivity index (χ0v) is 8.70.